The second-order valence-corrected chi connectivity index (χ2v) is 14.1. The highest BCUT2D eigenvalue weighted by Crippen LogP contribution is 2.14. The first-order chi connectivity index (χ1) is 27.8. The fourth-order valence-electron chi connectivity index (χ4n) is 5.76. The van der Waals surface area contributed by atoms with Gasteiger partial charge >= 0.3 is 23.9 Å². The Balaban J connectivity index is 4.08. The third kappa shape index (κ3) is 32.4. The van der Waals surface area contributed by atoms with Crippen molar-refractivity contribution in [1.29, 1.82) is 0 Å². The van der Waals surface area contributed by atoms with E-state index in [1.54, 1.807) is 0 Å². The van der Waals surface area contributed by atoms with Crippen LogP contribution in [0.25, 0.3) is 0 Å². The average Bonchev–Trinajstić information content (AvgIpc) is 3.16. The molecule has 19 heteroatoms. The predicted octanol–water partition coefficient (Wildman–Crippen LogP) is 2.71. The van der Waals surface area contributed by atoms with E-state index >= 15 is 0 Å². The van der Waals surface area contributed by atoms with Crippen LogP contribution in [0.1, 0.15) is 141 Å². The fourth-order valence-corrected chi connectivity index (χ4v) is 5.76. The number of carboxylic acid groups (broad SMARTS) is 4. The van der Waals surface area contributed by atoms with E-state index in [2.05, 4.69) is 21.3 Å². The van der Waals surface area contributed by atoms with E-state index in [-0.39, 0.29) is 77.2 Å². The van der Waals surface area contributed by atoms with E-state index in [4.69, 9.17) is 19.7 Å². The number of nitrogens with one attached hydrogen (secondary N) is 4. The van der Waals surface area contributed by atoms with Crippen molar-refractivity contribution in [2.75, 3.05) is 33.0 Å². The smallest absolute Gasteiger partial charge is 0.326 e. The van der Waals surface area contributed by atoms with E-state index in [1.807, 2.05) is 0 Å². The van der Waals surface area contributed by atoms with Crippen LogP contribution >= 0.6 is 0 Å². The molecule has 0 rings (SSSR count). The molecule has 19 nitrogen and oxygen atoms in total. The molecule has 0 aliphatic heterocycles. The Morgan fingerprint density at radius 3 is 1.45 bits per heavy atom. The number of hydrogen-bond donors (Lipinski definition) is 8. The maximum Gasteiger partial charge on any atom is 0.326 e. The molecule has 0 aromatic heterocycles. The fraction of sp³-hybridized carbons (Fsp3) is 0.769. The zero-order valence-electron chi connectivity index (χ0n) is 33.7. The second-order valence-electron chi connectivity index (χ2n) is 14.1. The molecule has 0 heterocycles. The van der Waals surface area contributed by atoms with Gasteiger partial charge in [0, 0.05) is 38.6 Å². The maximum absolute atomic E-state index is 12.6. The number of rotatable bonds is 40. The van der Waals surface area contributed by atoms with Crippen LogP contribution in [0.3, 0.4) is 0 Å². The molecule has 3 atom stereocenters. The molecular formula is C39H66N4O15. The van der Waals surface area contributed by atoms with Gasteiger partial charge in [0.1, 0.15) is 31.0 Å². The van der Waals surface area contributed by atoms with Crippen molar-refractivity contribution in [2.24, 2.45) is 0 Å². The van der Waals surface area contributed by atoms with Crippen LogP contribution in [0.2, 0.25) is 0 Å². The first-order valence-corrected chi connectivity index (χ1v) is 20.4. The zero-order chi connectivity index (χ0) is 43.4. The molecular weight excluding hydrogens is 764 g/mol. The summed E-state index contributed by atoms with van der Waals surface area (Å²) in [6.45, 7) is -0.365. The van der Waals surface area contributed by atoms with E-state index in [0.29, 0.717) is 12.7 Å². The number of unbranched alkanes of at least 4 members (excludes halogenated alkanes) is 13. The van der Waals surface area contributed by atoms with Gasteiger partial charge in [-0.3, -0.25) is 28.8 Å². The molecule has 0 spiro atoms. The van der Waals surface area contributed by atoms with Crippen LogP contribution in [-0.4, -0.2) is 125 Å². The van der Waals surface area contributed by atoms with Crippen LogP contribution in [0.5, 0.6) is 0 Å². The quantitative estimate of drug-likeness (QED) is 0.0325. The van der Waals surface area contributed by atoms with Crippen LogP contribution in [-0.2, 0) is 52.6 Å². The lowest BCUT2D eigenvalue weighted by Crippen LogP contribution is -2.52. The number of amides is 4. The van der Waals surface area contributed by atoms with Gasteiger partial charge in [-0.1, -0.05) is 77.0 Å². The molecule has 0 aromatic carbocycles. The average molecular weight is 831 g/mol. The molecule has 4 amide bonds. The van der Waals surface area contributed by atoms with E-state index < -0.39 is 72.8 Å². The lowest BCUT2D eigenvalue weighted by atomic mass is 10.0. The number of carbonyl (C=O) groups is 9. The van der Waals surface area contributed by atoms with Crippen LogP contribution in [0, 0.1) is 0 Å². The minimum Gasteiger partial charge on any atom is -0.481 e. The van der Waals surface area contributed by atoms with Crippen molar-refractivity contribution < 1.29 is 73.1 Å². The summed E-state index contributed by atoms with van der Waals surface area (Å²) in [5.74, 6) is -7.09. The van der Waals surface area contributed by atoms with E-state index in [0.717, 1.165) is 51.4 Å². The molecule has 8 N–H and O–H groups in total. The van der Waals surface area contributed by atoms with Crippen molar-refractivity contribution in [2.45, 2.75) is 159 Å². The van der Waals surface area contributed by atoms with E-state index in [1.165, 1.54) is 32.1 Å². The third-order valence-electron chi connectivity index (χ3n) is 9.00. The van der Waals surface area contributed by atoms with Crippen molar-refractivity contribution in [1.82, 2.24) is 21.3 Å². The highest BCUT2D eigenvalue weighted by Gasteiger charge is 2.27. The second kappa shape index (κ2) is 35.5. The van der Waals surface area contributed by atoms with Crippen LogP contribution < -0.4 is 21.3 Å². The lowest BCUT2D eigenvalue weighted by molar-refractivity contribution is -0.143. The Kier molecular flexibility index (Phi) is 32.7. The van der Waals surface area contributed by atoms with Gasteiger partial charge in [-0.2, -0.15) is 0 Å². The summed E-state index contributed by atoms with van der Waals surface area (Å²) in [6.07, 6.45) is 14.3. The third-order valence-corrected chi connectivity index (χ3v) is 9.00. The van der Waals surface area contributed by atoms with Gasteiger partial charge in [0.05, 0.1) is 19.8 Å². The first kappa shape index (κ1) is 53.4. The van der Waals surface area contributed by atoms with Crippen LogP contribution in [0.15, 0.2) is 0 Å². The SMILES string of the molecule is O=CCC[C@H](NC(=O)[C@H](CCC(=O)O)NC(=O)COCCOCCNC(=O)CC[C@H](NC(=O)CCCCCCCCCCCCCCCCC(=O)O)C(=O)O)C(=O)O. The molecule has 58 heavy (non-hydrogen) atoms. The minimum absolute atomic E-state index is 0.0258. The molecule has 0 fully saturated rings. The highest BCUT2D eigenvalue weighted by molar-refractivity contribution is 5.91. The van der Waals surface area contributed by atoms with Gasteiger partial charge < -0.3 is 56.0 Å². The predicted molar refractivity (Wildman–Crippen MR) is 209 cm³/mol. The molecule has 0 unspecified atom stereocenters. The first-order valence-electron chi connectivity index (χ1n) is 20.4. The summed E-state index contributed by atoms with van der Waals surface area (Å²) >= 11 is 0. The maximum atomic E-state index is 12.6. The molecule has 0 aliphatic carbocycles. The largest absolute Gasteiger partial charge is 0.481 e. The normalized spacial score (nSPS) is 12.4. The molecule has 0 bridgehead atoms. The standard InChI is InChI=1S/C39H66N4O15/c44-24-15-16-30(38(53)54)43-37(52)29(20-22-36(50)51)41-34(47)28-58-27-26-57-25-23-40-32(45)21-19-31(39(55)56)42-33(46)17-13-11-9-7-5-3-1-2-4-6-8-10-12-14-18-35(48)49/h24,29-31H,1-23,25-28H2,(H,40,45)(H,41,47)(H,42,46)(H,43,52)(H,48,49)(H,50,51)(H,53,54)(H,55,56)/t29-,30-,31-/m0/s1. The van der Waals surface area contributed by atoms with Gasteiger partial charge in [0.25, 0.3) is 0 Å². The highest BCUT2D eigenvalue weighted by atomic mass is 16.5. The van der Waals surface area contributed by atoms with E-state index in [9.17, 15) is 53.4 Å². The summed E-state index contributed by atoms with van der Waals surface area (Å²) in [4.78, 5) is 104. The van der Waals surface area contributed by atoms with Gasteiger partial charge in [0.15, 0.2) is 0 Å². The Bertz CT molecular complexity index is 1250. The van der Waals surface area contributed by atoms with Gasteiger partial charge in [0.2, 0.25) is 23.6 Å². The van der Waals surface area contributed by atoms with Crippen molar-refractivity contribution in [3.8, 4) is 0 Å². The number of hydrogen-bond acceptors (Lipinski definition) is 11. The molecule has 332 valence electrons. The van der Waals surface area contributed by atoms with Gasteiger partial charge in [-0.05, 0) is 32.1 Å². The van der Waals surface area contributed by atoms with Crippen molar-refractivity contribution >= 4 is 53.8 Å². The zero-order valence-corrected chi connectivity index (χ0v) is 33.7. The molecule has 0 saturated heterocycles. The summed E-state index contributed by atoms with van der Waals surface area (Å²) < 4.78 is 10.5. The topological polar surface area (TPSA) is 301 Å². The minimum atomic E-state index is -1.41. The van der Waals surface area contributed by atoms with Crippen molar-refractivity contribution in [3.63, 3.8) is 0 Å². The molecule has 0 aliphatic rings. The number of carbonyl (C=O) groups excluding carboxylic acids is 5. The summed E-state index contributed by atoms with van der Waals surface area (Å²) in [6, 6.07) is -3.97. The van der Waals surface area contributed by atoms with Crippen molar-refractivity contribution in [3.05, 3.63) is 0 Å². The van der Waals surface area contributed by atoms with Crippen LogP contribution in [0.4, 0.5) is 0 Å². The Morgan fingerprint density at radius 2 is 0.931 bits per heavy atom. The Morgan fingerprint density at radius 1 is 0.466 bits per heavy atom. The van der Waals surface area contributed by atoms with Gasteiger partial charge in [-0.25, -0.2) is 9.59 Å². The molecule has 0 aromatic rings. The Hall–Kier alpha value is -4.65. The summed E-state index contributed by atoms with van der Waals surface area (Å²) in [7, 11) is 0. The molecule has 0 saturated carbocycles. The number of carboxylic acids is 4. The molecule has 0 radical (unpaired) electrons. The monoisotopic (exact) mass is 830 g/mol. The lowest BCUT2D eigenvalue weighted by Gasteiger charge is -2.20. The number of ether oxygens (including phenoxy) is 2. The number of aliphatic carboxylic acids is 4. The summed E-state index contributed by atoms with van der Waals surface area (Å²) in [5.41, 5.74) is 0. The Labute approximate surface area is 340 Å². The number of aldehydes is 1. The van der Waals surface area contributed by atoms with Gasteiger partial charge in [-0.15, -0.1) is 0 Å². The summed E-state index contributed by atoms with van der Waals surface area (Å²) in [5, 5.41) is 45.9.